The normalized spacial score (nSPS) is 38.8. The number of allylic oxidation sites excluding steroid dienone is 4. The van der Waals surface area contributed by atoms with Gasteiger partial charge >= 0.3 is 5.97 Å². The third-order valence-electron chi connectivity index (χ3n) is 12.8. The lowest BCUT2D eigenvalue weighted by atomic mass is 9.78. The average molecular weight is 787 g/mol. The van der Waals surface area contributed by atoms with Gasteiger partial charge in [0.2, 0.25) is 5.79 Å². The van der Waals surface area contributed by atoms with Crippen LogP contribution in [0.1, 0.15) is 118 Å². The second-order valence-corrected chi connectivity index (χ2v) is 16.9. The SMILES string of the molecule is C=CC[C@@H]1/C=C(\C)C[C@H](C)C[C@H](OC)[C@@]2(NC)O[C@@](O)(C(=O)C(=O)N3CCCC[C@H]3C(=O)O[C@H](/C(C)=C/C3CCC[C@H](OC)C3)CCCC1=O)[C@H](C)C[C@@H]2OC. The minimum atomic E-state index is -2.55. The number of fused-ring (bicyclic) bond motifs is 3. The molecule has 1 aliphatic carbocycles. The zero-order valence-corrected chi connectivity index (χ0v) is 35.3. The highest BCUT2D eigenvalue weighted by molar-refractivity contribution is 6.39. The van der Waals surface area contributed by atoms with Crippen molar-refractivity contribution in [2.75, 3.05) is 34.9 Å². The minimum Gasteiger partial charge on any atom is -0.456 e. The molecule has 3 aliphatic heterocycles. The fraction of sp³-hybridized carbons (Fsp3) is 0.773. The second-order valence-electron chi connectivity index (χ2n) is 16.9. The Balaban J connectivity index is 1.76. The quantitative estimate of drug-likeness (QED) is 0.170. The molecule has 2 saturated heterocycles. The first-order valence-electron chi connectivity index (χ1n) is 20.9. The smallest absolute Gasteiger partial charge is 0.329 e. The number of hydrogen-bond donors (Lipinski definition) is 2. The second kappa shape index (κ2) is 20.8. The topological polar surface area (TPSA) is 150 Å². The Bertz CT molecular complexity index is 1450. The van der Waals surface area contributed by atoms with Crippen molar-refractivity contribution in [2.24, 2.45) is 23.7 Å². The predicted molar refractivity (Wildman–Crippen MR) is 213 cm³/mol. The monoisotopic (exact) mass is 787 g/mol. The number of rotatable bonds is 8. The van der Waals surface area contributed by atoms with E-state index in [4.69, 9.17) is 23.7 Å². The number of amides is 1. The summed E-state index contributed by atoms with van der Waals surface area (Å²) in [7, 11) is 6.47. The molecule has 1 saturated carbocycles. The largest absolute Gasteiger partial charge is 0.456 e. The molecule has 56 heavy (non-hydrogen) atoms. The molecule has 4 rings (SSSR count). The van der Waals surface area contributed by atoms with Gasteiger partial charge in [-0.3, -0.25) is 19.7 Å². The third kappa shape index (κ3) is 10.7. The summed E-state index contributed by atoms with van der Waals surface area (Å²) >= 11 is 0. The molecule has 1 unspecified atom stereocenters. The summed E-state index contributed by atoms with van der Waals surface area (Å²) < 4.78 is 30.4. The van der Waals surface area contributed by atoms with Crippen LogP contribution in [0.25, 0.3) is 0 Å². The number of nitrogens with one attached hydrogen (secondary N) is 1. The Morgan fingerprint density at radius 3 is 2.36 bits per heavy atom. The molecule has 0 radical (unpaired) electrons. The van der Waals surface area contributed by atoms with E-state index in [0.717, 1.165) is 36.8 Å². The van der Waals surface area contributed by atoms with Gasteiger partial charge in [0.1, 0.15) is 30.1 Å². The van der Waals surface area contributed by atoms with Crippen molar-refractivity contribution in [3.63, 3.8) is 0 Å². The van der Waals surface area contributed by atoms with E-state index in [-0.39, 0.29) is 42.6 Å². The number of piperidine rings is 1. The van der Waals surface area contributed by atoms with Gasteiger partial charge in [0.15, 0.2) is 5.72 Å². The van der Waals surface area contributed by atoms with E-state index in [1.54, 1.807) is 34.3 Å². The van der Waals surface area contributed by atoms with E-state index in [1.165, 1.54) is 12.0 Å². The fourth-order valence-corrected chi connectivity index (χ4v) is 9.57. The van der Waals surface area contributed by atoms with E-state index in [1.807, 2.05) is 19.9 Å². The highest BCUT2D eigenvalue weighted by Gasteiger charge is 2.62. The molecular weight excluding hydrogens is 716 g/mol. The first-order valence-corrected chi connectivity index (χ1v) is 20.9. The number of hydrogen-bond acceptors (Lipinski definition) is 11. The van der Waals surface area contributed by atoms with E-state index >= 15 is 0 Å². The Hall–Kier alpha value is -2.74. The van der Waals surface area contributed by atoms with Crippen LogP contribution in [0.4, 0.5) is 0 Å². The van der Waals surface area contributed by atoms with Crippen LogP contribution in [-0.4, -0.2) is 110 Å². The van der Waals surface area contributed by atoms with Gasteiger partial charge in [-0.25, -0.2) is 4.79 Å². The molecule has 0 aromatic heterocycles. The number of nitrogens with zero attached hydrogens (tertiary/aromatic N) is 1. The van der Waals surface area contributed by atoms with Crippen LogP contribution in [0.2, 0.25) is 0 Å². The lowest BCUT2D eigenvalue weighted by Crippen LogP contribution is -2.74. The zero-order valence-electron chi connectivity index (χ0n) is 35.3. The molecule has 4 aliphatic rings. The highest BCUT2D eigenvalue weighted by atomic mass is 16.7. The maximum absolute atomic E-state index is 14.4. The van der Waals surface area contributed by atoms with Crippen molar-refractivity contribution in [3.8, 4) is 0 Å². The number of likely N-dealkylation sites (N-methyl/N-ethyl adjacent to an activating group) is 1. The molecule has 3 heterocycles. The Labute approximate surface area is 335 Å². The summed E-state index contributed by atoms with van der Waals surface area (Å²) in [6.07, 6.45) is 12.7. The van der Waals surface area contributed by atoms with Crippen LogP contribution in [0.5, 0.6) is 0 Å². The maximum Gasteiger partial charge on any atom is 0.329 e. The first kappa shape index (κ1) is 46.0. The van der Waals surface area contributed by atoms with E-state index in [0.29, 0.717) is 57.8 Å². The van der Waals surface area contributed by atoms with Crippen LogP contribution < -0.4 is 5.32 Å². The van der Waals surface area contributed by atoms with Crippen LogP contribution in [0.3, 0.4) is 0 Å². The lowest BCUT2D eigenvalue weighted by molar-refractivity contribution is -0.352. The van der Waals surface area contributed by atoms with Gasteiger partial charge < -0.3 is 33.7 Å². The van der Waals surface area contributed by atoms with Crippen molar-refractivity contribution in [2.45, 2.75) is 160 Å². The van der Waals surface area contributed by atoms with Gasteiger partial charge in [-0.1, -0.05) is 44.1 Å². The van der Waals surface area contributed by atoms with Crippen molar-refractivity contribution >= 4 is 23.4 Å². The molecule has 3 fully saturated rings. The molecule has 0 spiro atoms. The number of esters is 1. The number of ether oxygens (including phenoxy) is 5. The van der Waals surface area contributed by atoms with Gasteiger partial charge in [0.05, 0.1) is 6.10 Å². The average Bonchev–Trinajstić information content (AvgIpc) is 3.19. The van der Waals surface area contributed by atoms with E-state index in [9.17, 15) is 24.3 Å². The molecule has 12 nitrogen and oxygen atoms in total. The molecule has 12 heteroatoms. The van der Waals surface area contributed by atoms with Crippen LogP contribution >= 0.6 is 0 Å². The van der Waals surface area contributed by atoms with Crippen molar-refractivity contribution in [1.29, 1.82) is 0 Å². The summed E-state index contributed by atoms with van der Waals surface area (Å²) in [5.74, 6) is -6.08. The molecule has 1 amide bonds. The summed E-state index contributed by atoms with van der Waals surface area (Å²) in [5, 5.41) is 15.4. The van der Waals surface area contributed by atoms with Crippen molar-refractivity contribution in [1.82, 2.24) is 10.2 Å². The summed E-state index contributed by atoms with van der Waals surface area (Å²) in [6, 6.07) is -1.03. The minimum absolute atomic E-state index is 0.0250. The zero-order chi connectivity index (χ0) is 41.2. The predicted octanol–water partition coefficient (Wildman–Crippen LogP) is 6.00. The van der Waals surface area contributed by atoms with E-state index < -0.39 is 59.4 Å². The Morgan fingerprint density at radius 2 is 1.70 bits per heavy atom. The van der Waals surface area contributed by atoms with Crippen molar-refractivity contribution < 1.29 is 48.0 Å². The summed E-state index contributed by atoms with van der Waals surface area (Å²) in [6.45, 7) is 11.8. The Morgan fingerprint density at radius 1 is 0.982 bits per heavy atom. The van der Waals surface area contributed by atoms with Gasteiger partial charge in [0, 0.05) is 46.1 Å². The lowest BCUT2D eigenvalue weighted by Gasteiger charge is -2.54. The Kier molecular flexibility index (Phi) is 17.1. The van der Waals surface area contributed by atoms with Crippen LogP contribution in [-0.2, 0) is 42.9 Å². The highest BCUT2D eigenvalue weighted by Crippen LogP contribution is 2.43. The number of carbonyl (C=O) groups is 4. The molecule has 316 valence electrons. The molecule has 11 atom stereocenters. The van der Waals surface area contributed by atoms with Crippen LogP contribution in [0, 0.1) is 23.7 Å². The number of methoxy groups -OCH3 is 3. The number of ketones is 2. The number of aliphatic hydroxyl groups is 1. The number of carbonyl (C=O) groups excluding carboxylic acids is 4. The van der Waals surface area contributed by atoms with E-state index in [2.05, 4.69) is 24.9 Å². The number of cyclic esters (lactones) is 1. The standard InChI is InChI=1S/C44H70N2O10/c1-10-15-33-23-28(2)22-29(3)24-38(53-8)43(45-6)39(54-9)26-31(5)44(51,56-43)40(48)41(49)46-21-12-11-18-35(46)42(50)55-37(20-14-19-36(33)47)30(4)25-32-16-13-17-34(27-32)52-7/h10,23,25,29,31-35,37-39,45,51H,1,11-22,24,26-27H2,2-9H3/b28-23+,30-25+/t29-,31+,32?,33+,34-,35-,37-,38-,39-,43+,44+/m0/s1. The first-order chi connectivity index (χ1) is 26.7. The molecule has 2 bridgehead atoms. The molecule has 0 aromatic carbocycles. The summed E-state index contributed by atoms with van der Waals surface area (Å²) in [4.78, 5) is 57.9. The van der Waals surface area contributed by atoms with Gasteiger partial charge in [0.25, 0.3) is 11.7 Å². The molecular formula is C44H70N2O10. The fourth-order valence-electron chi connectivity index (χ4n) is 9.57. The van der Waals surface area contributed by atoms with Crippen molar-refractivity contribution in [3.05, 3.63) is 36.0 Å². The molecule has 0 aromatic rings. The summed E-state index contributed by atoms with van der Waals surface area (Å²) in [5.41, 5.74) is 0.413. The number of Topliss-reactive ketones (excluding diaryl/α,β-unsaturated/α-hetero) is 2. The van der Waals surface area contributed by atoms with Gasteiger partial charge in [-0.15, -0.1) is 6.58 Å². The van der Waals surface area contributed by atoms with Gasteiger partial charge in [-0.05, 0) is 115 Å². The van der Waals surface area contributed by atoms with Gasteiger partial charge in [-0.2, -0.15) is 0 Å². The third-order valence-corrected chi connectivity index (χ3v) is 12.8. The van der Waals surface area contributed by atoms with Crippen LogP contribution in [0.15, 0.2) is 36.0 Å². The maximum atomic E-state index is 14.4. The molecule has 2 N–H and O–H groups in total.